The third kappa shape index (κ3) is 4.41. The predicted molar refractivity (Wildman–Crippen MR) is 101 cm³/mol. The number of ether oxygens (including phenoxy) is 2. The molecule has 0 saturated heterocycles. The zero-order chi connectivity index (χ0) is 20.0. The Balaban J connectivity index is 2.50. The topological polar surface area (TPSA) is 82.0 Å². The van der Waals surface area contributed by atoms with Gasteiger partial charge < -0.3 is 9.47 Å². The average Bonchev–Trinajstić information content (AvgIpc) is 3.04. The van der Waals surface area contributed by atoms with Gasteiger partial charge in [0, 0.05) is 12.0 Å². The van der Waals surface area contributed by atoms with Crippen LogP contribution in [0.3, 0.4) is 0 Å². The second-order valence-electron chi connectivity index (χ2n) is 6.39. The Kier molecular flexibility index (Phi) is 6.85. The fraction of sp³-hybridized carbons (Fsp3) is 0.381. The molecule has 1 aromatic rings. The first-order chi connectivity index (χ1) is 12.9. The predicted octanol–water partition coefficient (Wildman–Crippen LogP) is 3.80. The molecule has 1 aromatic carbocycles. The highest BCUT2D eigenvalue weighted by molar-refractivity contribution is 6.00. The maximum atomic E-state index is 12.2. The lowest BCUT2D eigenvalue weighted by Crippen LogP contribution is -2.05. The molecule has 0 amide bonds. The van der Waals surface area contributed by atoms with Crippen molar-refractivity contribution in [3.8, 4) is 0 Å². The monoisotopic (exact) mass is 369 g/mol. The fourth-order valence-corrected chi connectivity index (χ4v) is 3.23. The Morgan fingerprint density at radius 1 is 1.33 bits per heavy atom. The SMILES string of the molecule is C=CCc1c(C)c2c(c(N=C=O)c1C/C=C(\C)CCC(=O)OC)C(=O)OC2. The first kappa shape index (κ1) is 20.3. The molecule has 0 aromatic heterocycles. The van der Waals surface area contributed by atoms with E-state index in [1.54, 1.807) is 12.2 Å². The zero-order valence-electron chi connectivity index (χ0n) is 15.9. The van der Waals surface area contributed by atoms with Crippen molar-refractivity contribution in [3.63, 3.8) is 0 Å². The van der Waals surface area contributed by atoms with Crippen molar-refractivity contribution in [1.82, 2.24) is 0 Å². The van der Waals surface area contributed by atoms with Crippen molar-refractivity contribution in [2.45, 2.75) is 46.1 Å². The number of hydrogen-bond acceptors (Lipinski definition) is 6. The van der Waals surface area contributed by atoms with Gasteiger partial charge in [-0.15, -0.1) is 6.58 Å². The highest BCUT2D eigenvalue weighted by Gasteiger charge is 2.31. The van der Waals surface area contributed by atoms with Gasteiger partial charge in [0.25, 0.3) is 0 Å². The van der Waals surface area contributed by atoms with Crippen LogP contribution in [-0.4, -0.2) is 25.1 Å². The van der Waals surface area contributed by atoms with Crippen LogP contribution >= 0.6 is 0 Å². The summed E-state index contributed by atoms with van der Waals surface area (Å²) in [6.45, 7) is 7.84. The fourth-order valence-electron chi connectivity index (χ4n) is 3.23. The third-order valence-electron chi connectivity index (χ3n) is 4.76. The number of rotatable bonds is 8. The summed E-state index contributed by atoms with van der Waals surface area (Å²) in [5.74, 6) is -0.739. The number of carbonyl (C=O) groups is 2. The minimum atomic E-state index is -0.472. The van der Waals surface area contributed by atoms with Crippen LogP contribution in [0.2, 0.25) is 0 Å². The molecule has 0 atom stereocenters. The minimum Gasteiger partial charge on any atom is -0.469 e. The number of aliphatic imine (C=N–C) groups is 1. The molecule has 1 aliphatic heterocycles. The molecule has 0 spiro atoms. The van der Waals surface area contributed by atoms with Gasteiger partial charge in [-0.05, 0) is 49.8 Å². The molecule has 0 radical (unpaired) electrons. The molecule has 27 heavy (non-hydrogen) atoms. The standard InChI is InChI=1S/C21H23NO5/c1-5-6-15-14(3)17-11-27-21(25)19(17)20(22-12-23)16(15)9-7-13(2)8-10-18(24)26-4/h5,7H,1,6,8-11H2,2-4H3/b13-7+. The Morgan fingerprint density at radius 2 is 2.07 bits per heavy atom. The van der Waals surface area contributed by atoms with Gasteiger partial charge in [-0.3, -0.25) is 4.79 Å². The molecule has 1 aliphatic rings. The Labute approximate surface area is 158 Å². The number of nitrogens with zero attached hydrogens (tertiary/aromatic N) is 1. The molecule has 6 nitrogen and oxygen atoms in total. The van der Waals surface area contributed by atoms with Crippen LogP contribution in [0.4, 0.5) is 5.69 Å². The molecule has 0 saturated carbocycles. The van der Waals surface area contributed by atoms with Crippen LogP contribution in [0, 0.1) is 6.92 Å². The number of methoxy groups -OCH3 is 1. The molecule has 1 heterocycles. The summed E-state index contributed by atoms with van der Waals surface area (Å²) in [5, 5.41) is 0. The van der Waals surface area contributed by atoms with Crippen LogP contribution in [0.1, 0.15) is 52.4 Å². The summed E-state index contributed by atoms with van der Waals surface area (Å²) in [5.41, 5.74) is 5.16. The quantitative estimate of drug-likeness (QED) is 0.301. The van der Waals surface area contributed by atoms with Gasteiger partial charge in [-0.2, -0.15) is 4.99 Å². The molecule has 0 bridgehead atoms. The minimum absolute atomic E-state index is 0.180. The lowest BCUT2D eigenvalue weighted by Gasteiger charge is -2.16. The van der Waals surface area contributed by atoms with Gasteiger partial charge in [0.1, 0.15) is 6.61 Å². The van der Waals surface area contributed by atoms with Crippen LogP contribution in [0.5, 0.6) is 0 Å². The van der Waals surface area contributed by atoms with Crippen molar-refractivity contribution in [3.05, 3.63) is 52.1 Å². The van der Waals surface area contributed by atoms with E-state index in [1.807, 2.05) is 19.9 Å². The van der Waals surface area contributed by atoms with Crippen molar-refractivity contribution >= 4 is 23.7 Å². The van der Waals surface area contributed by atoms with Crippen LogP contribution in [0.15, 0.2) is 29.3 Å². The van der Waals surface area contributed by atoms with E-state index in [0.29, 0.717) is 36.9 Å². The molecule has 0 fully saturated rings. The van der Waals surface area contributed by atoms with Gasteiger partial charge in [-0.1, -0.05) is 17.7 Å². The van der Waals surface area contributed by atoms with E-state index in [9.17, 15) is 14.4 Å². The van der Waals surface area contributed by atoms with Gasteiger partial charge in [0.05, 0.1) is 18.4 Å². The molecule has 0 unspecified atom stereocenters. The maximum absolute atomic E-state index is 12.2. The summed E-state index contributed by atoms with van der Waals surface area (Å²) >= 11 is 0. The largest absolute Gasteiger partial charge is 0.469 e. The van der Waals surface area contributed by atoms with E-state index in [2.05, 4.69) is 16.3 Å². The van der Waals surface area contributed by atoms with Gasteiger partial charge in [0.2, 0.25) is 6.08 Å². The van der Waals surface area contributed by atoms with Crippen molar-refractivity contribution in [2.24, 2.45) is 4.99 Å². The van der Waals surface area contributed by atoms with Crippen LogP contribution in [0.25, 0.3) is 0 Å². The number of isocyanates is 1. The number of esters is 2. The Morgan fingerprint density at radius 3 is 2.70 bits per heavy atom. The number of benzene rings is 1. The van der Waals surface area contributed by atoms with E-state index in [0.717, 1.165) is 27.8 Å². The van der Waals surface area contributed by atoms with Gasteiger partial charge >= 0.3 is 11.9 Å². The van der Waals surface area contributed by atoms with Gasteiger partial charge in [-0.25, -0.2) is 9.59 Å². The number of cyclic esters (lactones) is 1. The second-order valence-corrected chi connectivity index (χ2v) is 6.39. The maximum Gasteiger partial charge on any atom is 0.341 e. The number of hydrogen-bond donors (Lipinski definition) is 0. The number of fused-ring (bicyclic) bond motifs is 1. The lowest BCUT2D eigenvalue weighted by molar-refractivity contribution is -0.140. The molecule has 6 heteroatoms. The molecule has 0 N–H and O–H groups in total. The number of allylic oxidation sites excluding steroid dienone is 3. The highest BCUT2D eigenvalue weighted by atomic mass is 16.5. The number of carbonyl (C=O) groups excluding carboxylic acids is 3. The van der Waals surface area contributed by atoms with Crippen LogP contribution in [-0.2, 0) is 38.5 Å². The second kappa shape index (κ2) is 9.10. The summed E-state index contributed by atoms with van der Waals surface area (Å²) in [7, 11) is 1.36. The van der Waals surface area contributed by atoms with E-state index in [1.165, 1.54) is 7.11 Å². The summed E-state index contributed by atoms with van der Waals surface area (Å²) in [4.78, 5) is 38.3. The molecular weight excluding hydrogens is 346 g/mol. The van der Waals surface area contributed by atoms with Crippen LogP contribution < -0.4 is 0 Å². The van der Waals surface area contributed by atoms with Crippen molar-refractivity contribution < 1.29 is 23.9 Å². The molecule has 2 rings (SSSR count). The van der Waals surface area contributed by atoms with Crippen molar-refractivity contribution in [1.29, 1.82) is 0 Å². The lowest BCUT2D eigenvalue weighted by atomic mass is 9.88. The zero-order valence-corrected chi connectivity index (χ0v) is 15.9. The first-order valence-electron chi connectivity index (χ1n) is 8.70. The van der Waals surface area contributed by atoms with E-state index >= 15 is 0 Å². The van der Waals surface area contributed by atoms with E-state index in [-0.39, 0.29) is 12.6 Å². The van der Waals surface area contributed by atoms with E-state index < -0.39 is 5.97 Å². The van der Waals surface area contributed by atoms with Gasteiger partial charge in [0.15, 0.2) is 0 Å². The third-order valence-corrected chi connectivity index (χ3v) is 4.76. The first-order valence-corrected chi connectivity index (χ1v) is 8.70. The highest BCUT2D eigenvalue weighted by Crippen LogP contribution is 2.39. The average molecular weight is 369 g/mol. The van der Waals surface area contributed by atoms with E-state index in [4.69, 9.17) is 4.74 Å². The Bertz CT molecular complexity index is 860. The summed E-state index contributed by atoms with van der Waals surface area (Å²) in [6, 6.07) is 0. The summed E-state index contributed by atoms with van der Waals surface area (Å²) < 4.78 is 9.82. The normalized spacial score (nSPS) is 12.9. The smallest absolute Gasteiger partial charge is 0.341 e. The molecule has 142 valence electrons. The molecule has 0 aliphatic carbocycles. The van der Waals surface area contributed by atoms with Crippen molar-refractivity contribution in [2.75, 3.05) is 7.11 Å². The molecular formula is C21H23NO5. The summed E-state index contributed by atoms with van der Waals surface area (Å²) in [6.07, 6.45) is 7.23. The Hall–Kier alpha value is -2.98.